The number of benzene rings is 1. The number of halogens is 1. The number of aromatic carboxylic acids is 1. The molecule has 6 heteroatoms. The maximum Gasteiger partial charge on any atom is 0.337 e. The van der Waals surface area contributed by atoms with E-state index < -0.39 is 12.0 Å². The lowest BCUT2D eigenvalue weighted by atomic mass is 10.1. The number of carboxylic acids is 1. The first kappa shape index (κ1) is 12.2. The topological polar surface area (TPSA) is 75.6 Å². The highest BCUT2D eigenvalue weighted by atomic mass is 127. The molecule has 0 amide bonds. The molecule has 1 aliphatic rings. The minimum Gasteiger partial charge on any atom is -0.478 e. The van der Waals surface area contributed by atoms with Crippen molar-refractivity contribution in [3.63, 3.8) is 0 Å². The molecule has 1 aliphatic heterocycles. The number of carbonyl (C=O) groups is 2. The molecule has 0 saturated carbocycles. The van der Waals surface area contributed by atoms with E-state index in [-0.39, 0.29) is 11.5 Å². The van der Waals surface area contributed by atoms with Gasteiger partial charge in [0.1, 0.15) is 6.04 Å². The van der Waals surface area contributed by atoms with Gasteiger partial charge in [0.15, 0.2) is 0 Å². The Morgan fingerprint density at radius 1 is 1.53 bits per heavy atom. The molecule has 1 fully saturated rings. The van der Waals surface area contributed by atoms with E-state index >= 15 is 0 Å². The Kier molecular flexibility index (Phi) is 3.51. The summed E-state index contributed by atoms with van der Waals surface area (Å²) >= 11 is 2.04. The number of carbonyl (C=O) groups excluding carboxylic acids is 1. The van der Waals surface area contributed by atoms with Crippen molar-refractivity contribution in [1.82, 2.24) is 0 Å². The van der Waals surface area contributed by atoms with Gasteiger partial charge in [0, 0.05) is 15.7 Å². The number of hydrogen-bond donors (Lipinski definition) is 2. The second kappa shape index (κ2) is 4.91. The van der Waals surface area contributed by atoms with Gasteiger partial charge < -0.3 is 15.2 Å². The summed E-state index contributed by atoms with van der Waals surface area (Å²) in [6, 6.07) is 4.56. The fourth-order valence-electron chi connectivity index (χ4n) is 1.63. The van der Waals surface area contributed by atoms with Gasteiger partial charge in [-0.2, -0.15) is 0 Å². The number of ether oxygens (including phenoxy) is 1. The highest BCUT2D eigenvalue weighted by molar-refractivity contribution is 14.1. The van der Waals surface area contributed by atoms with Crippen molar-refractivity contribution in [3.05, 3.63) is 27.3 Å². The maximum atomic E-state index is 11.3. The quantitative estimate of drug-likeness (QED) is 0.643. The zero-order valence-corrected chi connectivity index (χ0v) is 10.9. The van der Waals surface area contributed by atoms with Crippen LogP contribution in [0.1, 0.15) is 16.8 Å². The van der Waals surface area contributed by atoms with Crippen LogP contribution < -0.4 is 5.32 Å². The molecule has 1 atom stereocenters. The molecule has 0 aromatic heterocycles. The van der Waals surface area contributed by atoms with Crippen molar-refractivity contribution in [2.24, 2.45) is 0 Å². The first-order chi connectivity index (χ1) is 8.08. The van der Waals surface area contributed by atoms with Gasteiger partial charge in [0.25, 0.3) is 0 Å². The van der Waals surface area contributed by atoms with Gasteiger partial charge in [-0.1, -0.05) is 0 Å². The molecule has 0 radical (unpaired) electrons. The number of cyclic esters (lactones) is 1. The number of nitrogens with one attached hydrogen (secondary N) is 1. The summed E-state index contributed by atoms with van der Waals surface area (Å²) in [4.78, 5) is 22.4. The summed E-state index contributed by atoms with van der Waals surface area (Å²) < 4.78 is 5.64. The van der Waals surface area contributed by atoms with Crippen LogP contribution in [0, 0.1) is 3.57 Å². The fourth-order valence-corrected chi connectivity index (χ4v) is 2.13. The van der Waals surface area contributed by atoms with E-state index in [1.807, 2.05) is 22.6 Å². The minimum atomic E-state index is -1.02. The number of hydrogen-bond acceptors (Lipinski definition) is 4. The molecule has 1 unspecified atom stereocenters. The molecular weight excluding hydrogens is 337 g/mol. The summed E-state index contributed by atoms with van der Waals surface area (Å²) in [7, 11) is 0. The van der Waals surface area contributed by atoms with Crippen LogP contribution in [-0.4, -0.2) is 29.7 Å². The molecule has 1 aromatic rings. The van der Waals surface area contributed by atoms with Crippen molar-refractivity contribution in [2.45, 2.75) is 12.5 Å². The Balaban J connectivity index is 2.25. The molecule has 1 heterocycles. The Hall–Kier alpha value is -1.31. The van der Waals surface area contributed by atoms with Crippen molar-refractivity contribution < 1.29 is 19.4 Å². The normalized spacial score (nSPS) is 18.9. The summed E-state index contributed by atoms with van der Waals surface area (Å²) in [6.45, 7) is 0.378. The third-order valence-electron chi connectivity index (χ3n) is 2.48. The van der Waals surface area contributed by atoms with Crippen molar-refractivity contribution in [3.8, 4) is 0 Å². The van der Waals surface area contributed by atoms with Crippen LogP contribution in [0.2, 0.25) is 0 Å². The van der Waals surface area contributed by atoms with E-state index in [1.54, 1.807) is 18.2 Å². The van der Waals surface area contributed by atoms with E-state index in [0.717, 1.165) is 3.57 Å². The van der Waals surface area contributed by atoms with Crippen LogP contribution in [0.15, 0.2) is 18.2 Å². The third kappa shape index (κ3) is 2.68. The van der Waals surface area contributed by atoms with E-state index in [0.29, 0.717) is 18.7 Å². The van der Waals surface area contributed by atoms with E-state index in [9.17, 15) is 9.59 Å². The summed E-state index contributed by atoms with van der Waals surface area (Å²) in [5, 5.41) is 12.0. The zero-order chi connectivity index (χ0) is 12.4. The van der Waals surface area contributed by atoms with Crippen molar-refractivity contribution in [2.75, 3.05) is 11.9 Å². The van der Waals surface area contributed by atoms with Gasteiger partial charge in [-0.25, -0.2) is 9.59 Å². The van der Waals surface area contributed by atoms with Gasteiger partial charge >= 0.3 is 11.9 Å². The number of esters is 1. The number of carboxylic acid groups (broad SMARTS) is 1. The number of anilines is 1. The summed E-state index contributed by atoms with van der Waals surface area (Å²) in [5.41, 5.74) is 0.610. The second-order valence-corrected chi connectivity index (χ2v) is 4.89. The average molecular weight is 347 g/mol. The lowest BCUT2D eigenvalue weighted by Gasteiger charge is -2.13. The first-order valence-corrected chi connectivity index (χ1v) is 6.12. The molecule has 17 heavy (non-hydrogen) atoms. The Morgan fingerprint density at radius 3 is 2.88 bits per heavy atom. The van der Waals surface area contributed by atoms with Crippen LogP contribution >= 0.6 is 22.6 Å². The lowest BCUT2D eigenvalue weighted by molar-refractivity contribution is -0.138. The zero-order valence-electron chi connectivity index (χ0n) is 8.77. The highest BCUT2D eigenvalue weighted by Crippen LogP contribution is 2.22. The average Bonchev–Trinajstić information content (AvgIpc) is 2.67. The Bertz CT molecular complexity index is 475. The lowest BCUT2D eigenvalue weighted by Crippen LogP contribution is -2.25. The van der Waals surface area contributed by atoms with Crippen LogP contribution in [0.4, 0.5) is 5.69 Å². The predicted molar refractivity (Wildman–Crippen MR) is 69.1 cm³/mol. The molecule has 2 rings (SSSR count). The molecule has 1 aromatic carbocycles. The number of rotatable bonds is 3. The highest BCUT2D eigenvalue weighted by Gasteiger charge is 2.27. The minimum absolute atomic E-state index is 0.164. The summed E-state index contributed by atoms with van der Waals surface area (Å²) in [5.74, 6) is -1.35. The van der Waals surface area contributed by atoms with Gasteiger partial charge in [-0.3, -0.25) is 0 Å². The van der Waals surface area contributed by atoms with Gasteiger partial charge in [0.05, 0.1) is 12.2 Å². The molecule has 0 aliphatic carbocycles. The van der Waals surface area contributed by atoms with E-state index in [1.165, 1.54) is 0 Å². The molecule has 5 nitrogen and oxygen atoms in total. The molecule has 1 saturated heterocycles. The SMILES string of the molecule is O=C(O)c1cc(I)ccc1NC1CCOC1=O. The molecule has 0 spiro atoms. The van der Waals surface area contributed by atoms with Crippen LogP contribution in [-0.2, 0) is 9.53 Å². The second-order valence-electron chi connectivity index (χ2n) is 3.65. The van der Waals surface area contributed by atoms with Gasteiger partial charge in [-0.05, 0) is 40.8 Å². The van der Waals surface area contributed by atoms with Crippen molar-refractivity contribution in [1.29, 1.82) is 0 Å². The fraction of sp³-hybridized carbons (Fsp3) is 0.273. The Morgan fingerprint density at radius 2 is 2.29 bits per heavy atom. The molecule has 2 N–H and O–H groups in total. The van der Waals surface area contributed by atoms with Crippen LogP contribution in [0.3, 0.4) is 0 Å². The summed E-state index contributed by atoms with van der Waals surface area (Å²) in [6.07, 6.45) is 0.559. The monoisotopic (exact) mass is 347 g/mol. The molecular formula is C11H10INO4. The maximum absolute atomic E-state index is 11.3. The smallest absolute Gasteiger partial charge is 0.337 e. The van der Waals surface area contributed by atoms with Gasteiger partial charge in [0.2, 0.25) is 0 Å². The van der Waals surface area contributed by atoms with Crippen LogP contribution in [0.25, 0.3) is 0 Å². The molecule has 90 valence electrons. The third-order valence-corrected chi connectivity index (χ3v) is 3.15. The van der Waals surface area contributed by atoms with E-state index in [4.69, 9.17) is 9.84 Å². The largest absolute Gasteiger partial charge is 0.478 e. The Labute approximate surface area is 111 Å². The van der Waals surface area contributed by atoms with Crippen molar-refractivity contribution >= 4 is 40.2 Å². The van der Waals surface area contributed by atoms with Gasteiger partial charge in [-0.15, -0.1) is 0 Å². The van der Waals surface area contributed by atoms with E-state index in [2.05, 4.69) is 5.32 Å². The first-order valence-electron chi connectivity index (χ1n) is 5.04. The van der Waals surface area contributed by atoms with Crippen LogP contribution in [0.5, 0.6) is 0 Å². The standard InChI is InChI=1S/C11H10INO4/c12-6-1-2-8(7(5-6)10(14)15)13-9-3-4-17-11(9)16/h1-2,5,9,13H,3-4H2,(H,14,15). The predicted octanol–water partition coefficient (Wildman–Crippen LogP) is 1.72. The molecule has 0 bridgehead atoms.